The van der Waals surface area contributed by atoms with Gasteiger partial charge in [-0.05, 0) is 59.7 Å². The fraction of sp³-hybridized carbons (Fsp3) is 0.444. The van der Waals surface area contributed by atoms with Crippen LogP contribution in [0.1, 0.15) is 50.7 Å². The molecule has 0 aliphatic carbocycles. The van der Waals surface area contributed by atoms with Crippen LogP contribution in [0, 0.1) is 0 Å². The molecule has 0 saturated carbocycles. The maximum Gasteiger partial charge on any atom is 0.294 e. The van der Waals surface area contributed by atoms with Crippen molar-refractivity contribution in [1.82, 2.24) is 0 Å². The average molecular weight is 320 g/mol. The molecule has 4 heteroatoms. The van der Waals surface area contributed by atoms with E-state index in [0.29, 0.717) is 0 Å². The lowest BCUT2D eigenvalue weighted by molar-refractivity contribution is 0.483. The second kappa shape index (κ2) is 7.25. The lowest BCUT2D eigenvalue weighted by Crippen LogP contribution is -2.01. The first kappa shape index (κ1) is 17.0. The van der Waals surface area contributed by atoms with Gasteiger partial charge < -0.3 is 0 Å². The van der Waals surface area contributed by atoms with Gasteiger partial charge in [-0.2, -0.15) is 8.42 Å². The number of unbranched alkanes of at least 4 members (excludes halogenated alkanes) is 2. The standard InChI is InChI=1S/C18H24O3S/c1-3-5-8-14-10-7-11-17-15(9-6-4-2)12-16(13-18(14)17)22(19,20)21/h7,10-13H,3-6,8-9H2,1-2H3,(H,19,20,21). The molecule has 1 N–H and O–H groups in total. The zero-order chi connectivity index (χ0) is 16.2. The van der Waals surface area contributed by atoms with Gasteiger partial charge in [-0.3, -0.25) is 4.55 Å². The van der Waals surface area contributed by atoms with Crippen molar-refractivity contribution in [3.63, 3.8) is 0 Å². The normalized spacial score (nSPS) is 12.0. The molecule has 0 heterocycles. The maximum absolute atomic E-state index is 11.6. The van der Waals surface area contributed by atoms with Crippen LogP contribution in [0.2, 0.25) is 0 Å². The van der Waals surface area contributed by atoms with Crippen molar-refractivity contribution in [2.24, 2.45) is 0 Å². The molecule has 0 aliphatic heterocycles. The van der Waals surface area contributed by atoms with Gasteiger partial charge >= 0.3 is 0 Å². The van der Waals surface area contributed by atoms with Crippen molar-refractivity contribution in [2.45, 2.75) is 57.3 Å². The molecule has 0 bridgehead atoms. The molecular weight excluding hydrogens is 296 g/mol. The van der Waals surface area contributed by atoms with Gasteiger partial charge in [-0.1, -0.05) is 44.9 Å². The fourth-order valence-corrected chi connectivity index (χ4v) is 3.36. The smallest absolute Gasteiger partial charge is 0.282 e. The third-order valence-electron chi connectivity index (χ3n) is 4.04. The molecule has 2 aromatic carbocycles. The predicted molar refractivity (Wildman–Crippen MR) is 91.0 cm³/mol. The quantitative estimate of drug-likeness (QED) is 0.747. The largest absolute Gasteiger partial charge is 0.294 e. The molecule has 3 nitrogen and oxygen atoms in total. The number of hydrogen-bond acceptors (Lipinski definition) is 2. The molecule has 0 unspecified atom stereocenters. The van der Waals surface area contributed by atoms with Crippen LogP contribution in [0.5, 0.6) is 0 Å². The Balaban J connectivity index is 2.65. The Bertz CT molecular complexity index is 748. The molecule has 2 rings (SSSR count). The summed E-state index contributed by atoms with van der Waals surface area (Å²) in [6.07, 6.45) is 5.97. The number of hydrogen-bond donors (Lipinski definition) is 1. The van der Waals surface area contributed by atoms with Gasteiger partial charge in [0.05, 0.1) is 4.90 Å². The Labute approximate surface area is 133 Å². The SMILES string of the molecule is CCCCc1cc(S(=O)(=O)O)cc2c(CCCC)cccc12. The average Bonchev–Trinajstić information content (AvgIpc) is 2.49. The molecule has 22 heavy (non-hydrogen) atoms. The Morgan fingerprint density at radius 2 is 1.55 bits per heavy atom. The monoisotopic (exact) mass is 320 g/mol. The van der Waals surface area contributed by atoms with E-state index in [1.54, 1.807) is 12.1 Å². The summed E-state index contributed by atoms with van der Waals surface area (Å²) >= 11 is 0. The molecule has 0 atom stereocenters. The highest BCUT2D eigenvalue weighted by molar-refractivity contribution is 7.85. The minimum Gasteiger partial charge on any atom is -0.282 e. The van der Waals surface area contributed by atoms with Crippen LogP contribution < -0.4 is 0 Å². The lowest BCUT2D eigenvalue weighted by Gasteiger charge is -2.12. The Morgan fingerprint density at radius 1 is 0.909 bits per heavy atom. The van der Waals surface area contributed by atoms with Crippen molar-refractivity contribution >= 4 is 20.9 Å². The van der Waals surface area contributed by atoms with E-state index >= 15 is 0 Å². The molecular formula is C18H24O3S. The summed E-state index contributed by atoms with van der Waals surface area (Å²) in [5, 5.41) is 2.06. The molecule has 120 valence electrons. The van der Waals surface area contributed by atoms with E-state index in [1.165, 1.54) is 0 Å². The number of fused-ring (bicyclic) bond motifs is 1. The summed E-state index contributed by atoms with van der Waals surface area (Å²) in [7, 11) is -4.18. The first-order valence-corrected chi connectivity index (χ1v) is 9.43. The van der Waals surface area contributed by atoms with Gasteiger partial charge in [0.15, 0.2) is 0 Å². The van der Waals surface area contributed by atoms with Gasteiger partial charge in [-0.15, -0.1) is 0 Å². The van der Waals surface area contributed by atoms with Gasteiger partial charge in [0.1, 0.15) is 0 Å². The molecule has 0 amide bonds. The van der Waals surface area contributed by atoms with E-state index in [0.717, 1.165) is 60.4 Å². The van der Waals surface area contributed by atoms with Gasteiger partial charge in [-0.25, -0.2) is 0 Å². The third-order valence-corrected chi connectivity index (χ3v) is 4.87. The summed E-state index contributed by atoms with van der Waals surface area (Å²) in [6.45, 7) is 4.25. The van der Waals surface area contributed by atoms with Crippen molar-refractivity contribution < 1.29 is 13.0 Å². The lowest BCUT2D eigenvalue weighted by atomic mass is 9.95. The highest BCUT2D eigenvalue weighted by Gasteiger charge is 2.15. The summed E-state index contributed by atoms with van der Waals surface area (Å²) in [6, 6.07) is 9.37. The van der Waals surface area contributed by atoms with Gasteiger partial charge in [0, 0.05) is 0 Å². The van der Waals surface area contributed by atoms with Crippen molar-refractivity contribution in [3.05, 3.63) is 41.5 Å². The second-order valence-electron chi connectivity index (χ2n) is 5.78. The molecule has 2 aromatic rings. The van der Waals surface area contributed by atoms with Crippen LogP contribution in [0.3, 0.4) is 0 Å². The van der Waals surface area contributed by atoms with Crippen LogP contribution in [0.4, 0.5) is 0 Å². The van der Waals surface area contributed by atoms with E-state index in [2.05, 4.69) is 19.9 Å². The van der Waals surface area contributed by atoms with Gasteiger partial charge in [0.25, 0.3) is 10.1 Å². The van der Waals surface area contributed by atoms with Crippen molar-refractivity contribution in [1.29, 1.82) is 0 Å². The first-order chi connectivity index (χ1) is 10.5. The van der Waals surface area contributed by atoms with E-state index in [4.69, 9.17) is 0 Å². The predicted octanol–water partition coefficient (Wildman–Crippen LogP) is 4.77. The van der Waals surface area contributed by atoms with E-state index in [1.807, 2.05) is 12.1 Å². The Morgan fingerprint density at radius 3 is 2.14 bits per heavy atom. The van der Waals surface area contributed by atoms with E-state index in [-0.39, 0.29) is 4.90 Å². The minimum absolute atomic E-state index is 0.00931. The van der Waals surface area contributed by atoms with Crippen LogP contribution in [-0.2, 0) is 23.0 Å². The van der Waals surface area contributed by atoms with Crippen LogP contribution in [-0.4, -0.2) is 13.0 Å². The Hall–Kier alpha value is -1.39. The topological polar surface area (TPSA) is 54.4 Å². The highest BCUT2D eigenvalue weighted by atomic mass is 32.2. The molecule has 0 radical (unpaired) electrons. The maximum atomic E-state index is 11.6. The minimum atomic E-state index is -4.18. The molecule has 0 aromatic heterocycles. The summed E-state index contributed by atoms with van der Waals surface area (Å²) in [5.74, 6) is 0. The van der Waals surface area contributed by atoms with Crippen molar-refractivity contribution in [3.8, 4) is 0 Å². The molecule has 0 spiro atoms. The van der Waals surface area contributed by atoms with E-state index < -0.39 is 10.1 Å². The molecule has 0 saturated heterocycles. The van der Waals surface area contributed by atoms with Crippen LogP contribution in [0.25, 0.3) is 10.8 Å². The first-order valence-electron chi connectivity index (χ1n) is 7.99. The highest BCUT2D eigenvalue weighted by Crippen LogP contribution is 2.28. The fourth-order valence-electron chi connectivity index (χ4n) is 2.81. The zero-order valence-electron chi connectivity index (χ0n) is 13.3. The summed E-state index contributed by atoms with van der Waals surface area (Å²) in [4.78, 5) is 0.00931. The number of benzene rings is 2. The third kappa shape index (κ3) is 3.87. The van der Waals surface area contributed by atoms with Crippen LogP contribution in [0.15, 0.2) is 35.2 Å². The summed E-state index contributed by atoms with van der Waals surface area (Å²) in [5.41, 5.74) is 2.16. The van der Waals surface area contributed by atoms with Crippen molar-refractivity contribution in [2.75, 3.05) is 0 Å². The Kier molecular flexibility index (Phi) is 5.59. The number of rotatable bonds is 7. The summed E-state index contributed by atoms with van der Waals surface area (Å²) < 4.78 is 32.6. The van der Waals surface area contributed by atoms with Gasteiger partial charge in [0.2, 0.25) is 0 Å². The molecule has 0 fully saturated rings. The number of aryl methyl sites for hydroxylation is 2. The molecule has 0 aliphatic rings. The van der Waals surface area contributed by atoms with E-state index in [9.17, 15) is 13.0 Å². The second-order valence-corrected chi connectivity index (χ2v) is 7.20. The van der Waals surface area contributed by atoms with Crippen LogP contribution >= 0.6 is 0 Å². The zero-order valence-corrected chi connectivity index (χ0v) is 14.1.